The van der Waals surface area contributed by atoms with Crippen LogP contribution in [0.3, 0.4) is 0 Å². The quantitative estimate of drug-likeness (QED) is 0.423. The number of oxazole rings is 1. The molecule has 0 aliphatic heterocycles. The summed E-state index contributed by atoms with van der Waals surface area (Å²) in [4.78, 5) is 10.3. The third kappa shape index (κ3) is 4.32. The van der Waals surface area contributed by atoms with Crippen LogP contribution in [0.15, 0.2) is 79.7 Å². The highest BCUT2D eigenvalue weighted by Gasteiger charge is 2.24. The molecule has 0 atom stereocenters. The maximum atomic E-state index is 13.8. The van der Waals surface area contributed by atoms with Crippen molar-refractivity contribution in [2.45, 2.75) is 9.79 Å². The van der Waals surface area contributed by atoms with E-state index in [0.717, 1.165) is 18.2 Å². The highest BCUT2D eigenvalue weighted by Crippen LogP contribution is 2.24. The molecule has 0 aliphatic carbocycles. The van der Waals surface area contributed by atoms with Crippen LogP contribution in [-0.2, 0) is 27.1 Å². The highest BCUT2D eigenvalue weighted by atomic mass is 32.2. The van der Waals surface area contributed by atoms with Crippen LogP contribution in [0.2, 0.25) is 0 Å². The topological polar surface area (TPSA) is 127 Å². The van der Waals surface area contributed by atoms with E-state index in [2.05, 4.69) is 4.72 Å². The second-order valence-corrected chi connectivity index (χ2v) is 10.2. The zero-order valence-electron chi connectivity index (χ0n) is 16.7. The van der Waals surface area contributed by atoms with Crippen LogP contribution >= 0.6 is 0 Å². The smallest absolute Gasteiger partial charge is 0.408 e. The SMILES string of the molecule is Cn1c(=O)oc2cc(S(=O)(=O)Nc3ccc(NS(=O)(=O)c4c(F)cccc4F)cc3)ccc21. The van der Waals surface area contributed by atoms with Crippen molar-refractivity contribution in [3.05, 3.63) is 82.8 Å². The number of aromatic nitrogens is 1. The van der Waals surface area contributed by atoms with Gasteiger partial charge in [-0.15, -0.1) is 0 Å². The Morgan fingerprint density at radius 2 is 1.36 bits per heavy atom. The first kappa shape index (κ1) is 22.5. The van der Waals surface area contributed by atoms with Gasteiger partial charge in [0.15, 0.2) is 10.5 Å². The summed E-state index contributed by atoms with van der Waals surface area (Å²) in [6, 6.07) is 11.5. The van der Waals surface area contributed by atoms with Gasteiger partial charge < -0.3 is 4.42 Å². The lowest BCUT2D eigenvalue weighted by Crippen LogP contribution is -2.16. The Morgan fingerprint density at radius 1 is 0.818 bits per heavy atom. The molecule has 1 aromatic heterocycles. The predicted molar refractivity (Wildman–Crippen MR) is 116 cm³/mol. The second-order valence-electron chi connectivity index (χ2n) is 6.90. The average molecular weight is 495 g/mol. The third-order valence-corrected chi connectivity index (χ3v) is 7.46. The van der Waals surface area contributed by atoms with Crippen molar-refractivity contribution < 1.29 is 30.0 Å². The summed E-state index contributed by atoms with van der Waals surface area (Å²) in [7, 11) is -7.15. The average Bonchev–Trinajstić information content (AvgIpc) is 3.02. The number of fused-ring (bicyclic) bond motifs is 1. The molecule has 2 N–H and O–H groups in total. The van der Waals surface area contributed by atoms with Crippen LogP contribution in [0.4, 0.5) is 20.2 Å². The van der Waals surface area contributed by atoms with Crippen LogP contribution in [0.25, 0.3) is 11.1 Å². The molecule has 9 nitrogen and oxygen atoms in total. The normalized spacial score (nSPS) is 12.1. The predicted octanol–water partition coefficient (Wildman–Crippen LogP) is 3.01. The lowest BCUT2D eigenvalue weighted by atomic mass is 10.3. The number of anilines is 2. The zero-order valence-corrected chi connectivity index (χ0v) is 18.4. The highest BCUT2D eigenvalue weighted by molar-refractivity contribution is 7.93. The Labute approximate surface area is 186 Å². The molecule has 4 rings (SSSR count). The molecule has 0 bridgehead atoms. The maximum absolute atomic E-state index is 13.8. The van der Waals surface area contributed by atoms with Crippen molar-refractivity contribution in [2.24, 2.45) is 7.05 Å². The van der Waals surface area contributed by atoms with E-state index in [0.29, 0.717) is 5.52 Å². The fourth-order valence-corrected chi connectivity index (χ4v) is 5.32. The first-order valence-corrected chi connectivity index (χ1v) is 12.1. The van der Waals surface area contributed by atoms with Gasteiger partial charge in [0, 0.05) is 24.5 Å². The van der Waals surface area contributed by atoms with Gasteiger partial charge in [-0.05, 0) is 48.5 Å². The molecule has 0 fully saturated rings. The van der Waals surface area contributed by atoms with Gasteiger partial charge in [-0.2, -0.15) is 0 Å². The number of halogens is 2. The summed E-state index contributed by atoms with van der Waals surface area (Å²) < 4.78 is 88.2. The van der Waals surface area contributed by atoms with Crippen molar-refractivity contribution >= 4 is 42.5 Å². The van der Waals surface area contributed by atoms with E-state index in [1.54, 1.807) is 0 Å². The van der Waals surface area contributed by atoms with E-state index < -0.39 is 42.3 Å². The lowest BCUT2D eigenvalue weighted by molar-refractivity contribution is 0.521. The van der Waals surface area contributed by atoms with E-state index in [4.69, 9.17) is 4.42 Å². The summed E-state index contributed by atoms with van der Waals surface area (Å²) in [5.41, 5.74) is 0.551. The van der Waals surface area contributed by atoms with E-state index >= 15 is 0 Å². The van der Waals surface area contributed by atoms with E-state index in [-0.39, 0.29) is 21.9 Å². The van der Waals surface area contributed by atoms with E-state index in [9.17, 15) is 30.4 Å². The van der Waals surface area contributed by atoms with Crippen molar-refractivity contribution in [1.29, 1.82) is 0 Å². The van der Waals surface area contributed by atoms with Crippen LogP contribution in [0.5, 0.6) is 0 Å². The van der Waals surface area contributed by atoms with Gasteiger partial charge >= 0.3 is 5.76 Å². The Kier molecular flexibility index (Phi) is 5.46. The van der Waals surface area contributed by atoms with Crippen LogP contribution < -0.4 is 15.2 Å². The second kappa shape index (κ2) is 8.01. The summed E-state index contributed by atoms with van der Waals surface area (Å²) in [6.07, 6.45) is 0. The first-order valence-electron chi connectivity index (χ1n) is 9.17. The number of nitrogens with one attached hydrogen (secondary N) is 2. The number of aryl methyl sites for hydroxylation is 1. The lowest BCUT2D eigenvalue weighted by Gasteiger charge is -2.11. The van der Waals surface area contributed by atoms with Crippen LogP contribution in [-0.4, -0.2) is 21.4 Å². The minimum Gasteiger partial charge on any atom is -0.408 e. The summed E-state index contributed by atoms with van der Waals surface area (Å²) >= 11 is 0. The van der Waals surface area contributed by atoms with Crippen molar-refractivity contribution in [3.8, 4) is 0 Å². The molecule has 13 heteroatoms. The van der Waals surface area contributed by atoms with Gasteiger partial charge in [-0.1, -0.05) is 6.07 Å². The van der Waals surface area contributed by atoms with Crippen molar-refractivity contribution in [3.63, 3.8) is 0 Å². The number of benzene rings is 3. The molecule has 0 saturated carbocycles. The molecule has 172 valence electrons. The fourth-order valence-electron chi connectivity index (χ4n) is 3.05. The molecule has 0 saturated heterocycles. The van der Waals surface area contributed by atoms with Gasteiger partial charge in [0.05, 0.1) is 10.4 Å². The van der Waals surface area contributed by atoms with Crippen molar-refractivity contribution in [2.75, 3.05) is 9.44 Å². The molecule has 3 aromatic carbocycles. The largest absolute Gasteiger partial charge is 0.419 e. The molecule has 0 radical (unpaired) electrons. The number of sulfonamides is 2. The van der Waals surface area contributed by atoms with Gasteiger partial charge in [0.25, 0.3) is 20.0 Å². The van der Waals surface area contributed by atoms with Gasteiger partial charge in [0.1, 0.15) is 11.6 Å². The first-order chi connectivity index (χ1) is 15.5. The summed E-state index contributed by atoms with van der Waals surface area (Å²) in [6.45, 7) is 0. The Hall–Kier alpha value is -3.71. The number of nitrogens with zero attached hydrogens (tertiary/aromatic N) is 1. The fraction of sp³-hybridized carbons (Fsp3) is 0.0500. The Morgan fingerprint density at radius 3 is 1.94 bits per heavy atom. The number of rotatable bonds is 6. The molecule has 0 aliphatic rings. The standard InChI is InChI=1S/C20H15F2N3O6S2/c1-25-17-10-9-14(11-18(17)31-20(25)26)32(27,28)23-12-5-7-13(8-6-12)24-33(29,30)19-15(21)3-2-4-16(19)22/h2-11,23-24H,1H3. The molecular formula is C20H15F2N3O6S2. The summed E-state index contributed by atoms with van der Waals surface area (Å²) in [5, 5.41) is 0. The third-order valence-electron chi connectivity index (χ3n) is 4.65. The molecule has 0 amide bonds. The number of hydrogen-bond donors (Lipinski definition) is 2. The van der Waals surface area contributed by atoms with E-state index in [1.807, 2.05) is 4.72 Å². The van der Waals surface area contributed by atoms with Gasteiger partial charge in [-0.3, -0.25) is 14.0 Å². The van der Waals surface area contributed by atoms with Gasteiger partial charge in [0.2, 0.25) is 0 Å². The molecule has 33 heavy (non-hydrogen) atoms. The van der Waals surface area contributed by atoms with Crippen LogP contribution in [0, 0.1) is 11.6 Å². The molecule has 0 unspecified atom stereocenters. The zero-order chi connectivity index (χ0) is 24.0. The van der Waals surface area contributed by atoms with Gasteiger partial charge in [-0.25, -0.2) is 30.4 Å². The van der Waals surface area contributed by atoms with E-state index in [1.165, 1.54) is 54.1 Å². The Balaban J connectivity index is 1.55. The molecular weight excluding hydrogens is 480 g/mol. The Bertz CT molecular complexity index is 1620. The number of hydrogen-bond acceptors (Lipinski definition) is 6. The molecule has 0 spiro atoms. The molecule has 1 heterocycles. The minimum absolute atomic E-state index is 0.0481. The van der Waals surface area contributed by atoms with Crippen molar-refractivity contribution in [1.82, 2.24) is 4.57 Å². The monoisotopic (exact) mass is 495 g/mol. The molecule has 4 aromatic rings. The summed E-state index contributed by atoms with van der Waals surface area (Å²) in [5.74, 6) is -3.14. The van der Waals surface area contributed by atoms with Crippen LogP contribution in [0.1, 0.15) is 0 Å². The minimum atomic E-state index is -4.56. The maximum Gasteiger partial charge on any atom is 0.419 e.